The number of amides is 1. The molecule has 0 saturated carbocycles. The number of aryl methyl sites for hydroxylation is 2. The Hall–Kier alpha value is -1.55. The number of fused-ring (bicyclic) bond motifs is 1. The second-order valence-electron chi connectivity index (χ2n) is 6.21. The monoisotopic (exact) mass is 262 g/mol. The molecule has 4 heteroatoms. The van der Waals surface area contributed by atoms with E-state index in [1.54, 1.807) is 4.90 Å². The van der Waals surface area contributed by atoms with Crippen LogP contribution in [0.15, 0.2) is 12.1 Å². The molecule has 2 rings (SSSR count). The smallest absolute Gasteiger partial charge is 0.414 e. The van der Waals surface area contributed by atoms with Gasteiger partial charge in [0.25, 0.3) is 0 Å². The summed E-state index contributed by atoms with van der Waals surface area (Å²) in [6.45, 7) is 10.1. The number of rotatable bonds is 0. The lowest BCUT2D eigenvalue weighted by atomic mass is 10.0. The van der Waals surface area contributed by atoms with Crippen molar-refractivity contribution in [1.82, 2.24) is 0 Å². The maximum absolute atomic E-state index is 12.2. The number of benzene rings is 1. The van der Waals surface area contributed by atoms with Gasteiger partial charge in [-0.3, -0.25) is 4.90 Å². The molecule has 0 saturated heterocycles. The highest BCUT2D eigenvalue weighted by molar-refractivity contribution is 5.91. The topological polar surface area (TPSA) is 55.6 Å². The molecule has 0 aromatic heterocycles. The van der Waals surface area contributed by atoms with Crippen LogP contribution in [0, 0.1) is 13.8 Å². The molecule has 0 fully saturated rings. The predicted molar refractivity (Wildman–Crippen MR) is 76.4 cm³/mol. The van der Waals surface area contributed by atoms with Gasteiger partial charge in [0, 0.05) is 6.54 Å². The molecule has 1 amide bonds. The third-order valence-electron chi connectivity index (χ3n) is 3.16. The fourth-order valence-electron chi connectivity index (χ4n) is 2.54. The first-order valence-electron chi connectivity index (χ1n) is 6.56. The highest BCUT2D eigenvalue weighted by Gasteiger charge is 2.34. The summed E-state index contributed by atoms with van der Waals surface area (Å²) in [7, 11) is 0. The Bertz CT molecular complexity index is 518. The fourth-order valence-corrected chi connectivity index (χ4v) is 2.54. The Balaban J connectivity index is 2.36. The largest absolute Gasteiger partial charge is 0.443 e. The number of nitrogens with two attached hydrogens (primary N) is 1. The first-order valence-corrected chi connectivity index (χ1v) is 6.56. The van der Waals surface area contributed by atoms with Crippen LogP contribution in [-0.2, 0) is 4.74 Å². The van der Waals surface area contributed by atoms with E-state index in [-0.39, 0.29) is 12.1 Å². The van der Waals surface area contributed by atoms with Gasteiger partial charge in [-0.15, -0.1) is 0 Å². The van der Waals surface area contributed by atoms with E-state index in [0.717, 1.165) is 22.4 Å². The van der Waals surface area contributed by atoms with Gasteiger partial charge in [-0.25, -0.2) is 4.79 Å². The highest BCUT2D eigenvalue weighted by Crippen LogP contribution is 2.37. The molecule has 0 radical (unpaired) electrons. The van der Waals surface area contributed by atoms with E-state index in [4.69, 9.17) is 10.5 Å². The van der Waals surface area contributed by atoms with Crippen LogP contribution in [0.3, 0.4) is 0 Å². The number of anilines is 1. The Labute approximate surface area is 114 Å². The molecule has 4 nitrogen and oxygen atoms in total. The lowest BCUT2D eigenvalue weighted by Crippen LogP contribution is -2.36. The van der Waals surface area contributed by atoms with Gasteiger partial charge in [0.1, 0.15) is 5.60 Å². The Morgan fingerprint density at radius 2 is 2.00 bits per heavy atom. The van der Waals surface area contributed by atoms with Crippen molar-refractivity contribution in [3.8, 4) is 0 Å². The average molecular weight is 262 g/mol. The third kappa shape index (κ3) is 2.73. The molecule has 2 N–H and O–H groups in total. The summed E-state index contributed by atoms with van der Waals surface area (Å²) in [5.41, 5.74) is 9.84. The zero-order valence-corrected chi connectivity index (χ0v) is 12.3. The molecule has 0 aliphatic carbocycles. The second kappa shape index (κ2) is 4.53. The SMILES string of the molecule is Cc1cc(C)c2c(c1)N(C(=O)OC(C)(C)C)CC2N. The van der Waals surface area contributed by atoms with Crippen LogP contribution in [-0.4, -0.2) is 18.2 Å². The lowest BCUT2D eigenvalue weighted by Gasteiger charge is -2.25. The predicted octanol–water partition coefficient (Wildman–Crippen LogP) is 3.06. The molecule has 1 atom stereocenters. The first-order chi connectivity index (χ1) is 8.69. The normalized spacial score (nSPS) is 18.4. The summed E-state index contributed by atoms with van der Waals surface area (Å²) in [5, 5.41) is 0. The van der Waals surface area contributed by atoms with Gasteiger partial charge in [0.15, 0.2) is 0 Å². The first kappa shape index (κ1) is 13.9. The Morgan fingerprint density at radius 1 is 1.37 bits per heavy atom. The van der Waals surface area contributed by atoms with Gasteiger partial charge in [0.2, 0.25) is 0 Å². The van der Waals surface area contributed by atoms with E-state index in [2.05, 4.69) is 6.07 Å². The molecule has 1 aliphatic heterocycles. The maximum atomic E-state index is 12.2. The van der Waals surface area contributed by atoms with Crippen LogP contribution in [0.25, 0.3) is 0 Å². The molecule has 1 aliphatic rings. The van der Waals surface area contributed by atoms with Crippen LogP contribution in [0.4, 0.5) is 10.5 Å². The second-order valence-corrected chi connectivity index (χ2v) is 6.21. The van der Waals surface area contributed by atoms with Gasteiger partial charge < -0.3 is 10.5 Å². The van der Waals surface area contributed by atoms with Crippen LogP contribution in [0.1, 0.15) is 43.5 Å². The molecular weight excluding hydrogens is 240 g/mol. The number of carbonyl (C=O) groups excluding carboxylic acids is 1. The lowest BCUT2D eigenvalue weighted by molar-refractivity contribution is 0.0582. The minimum absolute atomic E-state index is 0.136. The van der Waals surface area contributed by atoms with Crippen LogP contribution < -0.4 is 10.6 Å². The summed E-state index contributed by atoms with van der Waals surface area (Å²) >= 11 is 0. The summed E-state index contributed by atoms with van der Waals surface area (Å²) in [6, 6.07) is 3.96. The minimum Gasteiger partial charge on any atom is -0.443 e. The number of ether oxygens (including phenoxy) is 1. The van der Waals surface area contributed by atoms with Crippen molar-refractivity contribution in [3.05, 3.63) is 28.8 Å². The molecule has 19 heavy (non-hydrogen) atoms. The van der Waals surface area contributed by atoms with Crippen LogP contribution >= 0.6 is 0 Å². The number of nitrogens with zero attached hydrogens (tertiary/aromatic N) is 1. The number of hydrogen-bond acceptors (Lipinski definition) is 3. The molecule has 0 spiro atoms. The summed E-state index contributed by atoms with van der Waals surface area (Å²) < 4.78 is 5.44. The van der Waals surface area contributed by atoms with Gasteiger partial charge in [-0.05, 0) is 57.4 Å². The average Bonchev–Trinajstić information content (AvgIpc) is 2.53. The van der Waals surface area contributed by atoms with Crippen molar-refractivity contribution in [2.75, 3.05) is 11.4 Å². The summed E-state index contributed by atoms with van der Waals surface area (Å²) in [5.74, 6) is 0. The van der Waals surface area contributed by atoms with Gasteiger partial charge in [0.05, 0.1) is 11.7 Å². The number of carbonyl (C=O) groups is 1. The zero-order valence-electron chi connectivity index (χ0n) is 12.3. The van der Waals surface area contributed by atoms with Crippen molar-refractivity contribution in [3.63, 3.8) is 0 Å². The molecule has 1 unspecified atom stereocenters. The molecule has 0 bridgehead atoms. The Kier molecular flexibility index (Phi) is 3.31. The van der Waals surface area contributed by atoms with E-state index in [9.17, 15) is 4.79 Å². The quantitative estimate of drug-likeness (QED) is 0.781. The van der Waals surface area contributed by atoms with E-state index in [1.165, 1.54) is 0 Å². The molecular formula is C15H22N2O2. The number of hydrogen-bond donors (Lipinski definition) is 1. The Morgan fingerprint density at radius 3 is 2.58 bits per heavy atom. The van der Waals surface area contributed by atoms with Gasteiger partial charge >= 0.3 is 6.09 Å². The highest BCUT2D eigenvalue weighted by atomic mass is 16.6. The standard InChI is InChI=1S/C15H22N2O2/c1-9-6-10(2)13-11(16)8-17(12(13)7-9)14(18)19-15(3,4)5/h6-7,11H,8,16H2,1-5H3. The molecule has 1 aromatic carbocycles. The summed E-state index contributed by atoms with van der Waals surface area (Å²) in [4.78, 5) is 13.9. The third-order valence-corrected chi connectivity index (χ3v) is 3.16. The summed E-state index contributed by atoms with van der Waals surface area (Å²) in [6.07, 6.45) is -0.327. The van der Waals surface area contributed by atoms with Crippen molar-refractivity contribution >= 4 is 11.8 Å². The van der Waals surface area contributed by atoms with Crippen LogP contribution in [0.2, 0.25) is 0 Å². The van der Waals surface area contributed by atoms with E-state index in [0.29, 0.717) is 6.54 Å². The maximum Gasteiger partial charge on any atom is 0.414 e. The minimum atomic E-state index is -0.497. The van der Waals surface area contributed by atoms with E-state index in [1.807, 2.05) is 40.7 Å². The van der Waals surface area contributed by atoms with Crippen molar-refractivity contribution in [2.45, 2.75) is 46.3 Å². The fraction of sp³-hybridized carbons (Fsp3) is 0.533. The zero-order chi connectivity index (χ0) is 14.4. The molecule has 1 aromatic rings. The van der Waals surface area contributed by atoms with E-state index >= 15 is 0 Å². The van der Waals surface area contributed by atoms with Gasteiger partial charge in [-0.2, -0.15) is 0 Å². The van der Waals surface area contributed by atoms with Crippen molar-refractivity contribution in [2.24, 2.45) is 5.73 Å². The van der Waals surface area contributed by atoms with Crippen molar-refractivity contribution in [1.29, 1.82) is 0 Å². The van der Waals surface area contributed by atoms with Gasteiger partial charge in [-0.1, -0.05) is 6.07 Å². The van der Waals surface area contributed by atoms with Crippen molar-refractivity contribution < 1.29 is 9.53 Å². The van der Waals surface area contributed by atoms with E-state index < -0.39 is 5.60 Å². The molecule has 1 heterocycles. The molecule has 104 valence electrons. The van der Waals surface area contributed by atoms with Crippen LogP contribution in [0.5, 0.6) is 0 Å².